The highest BCUT2D eigenvalue weighted by atomic mass is 31.2. The van der Waals surface area contributed by atoms with Crippen molar-refractivity contribution >= 4 is 13.7 Å². The summed E-state index contributed by atoms with van der Waals surface area (Å²) in [5, 5.41) is 74.4. The fourth-order valence-electron chi connectivity index (χ4n) is 7.58. The number of carbonyl (C=O) groups is 1. The van der Waals surface area contributed by atoms with Gasteiger partial charge in [0.25, 0.3) is 0 Å². The molecule has 0 bridgehead atoms. The number of carbonyl (C=O) groups excluding carboxylic acids is 1. The van der Waals surface area contributed by atoms with Gasteiger partial charge in [-0.1, -0.05) is 172 Å². The van der Waals surface area contributed by atoms with E-state index in [0.717, 1.165) is 70.6 Å². The zero-order valence-corrected chi connectivity index (χ0v) is 39.9. The first-order chi connectivity index (χ1) is 30.3. The lowest BCUT2D eigenvalue weighted by atomic mass is 9.85. The lowest BCUT2D eigenvalue weighted by Crippen LogP contribution is -2.64. The van der Waals surface area contributed by atoms with Crippen molar-refractivity contribution in [1.29, 1.82) is 0 Å². The largest absolute Gasteiger partial charge is 0.472 e. The Labute approximate surface area is 380 Å². The predicted octanol–water partition coefficient (Wildman–Crippen LogP) is 8.70. The maximum Gasteiger partial charge on any atom is 0.472 e. The van der Waals surface area contributed by atoms with Crippen LogP contribution in [0, 0.1) is 0 Å². The molecule has 1 rings (SSSR count). The number of hydrogen-bond acceptors (Lipinski definition) is 11. The number of rotatable bonds is 40. The summed E-state index contributed by atoms with van der Waals surface area (Å²) in [7, 11) is -5.15. The molecular formula is C49H90NO12P. The van der Waals surface area contributed by atoms with Gasteiger partial charge in [-0.25, -0.2) is 4.57 Å². The van der Waals surface area contributed by atoms with Gasteiger partial charge in [-0.3, -0.25) is 13.8 Å². The van der Waals surface area contributed by atoms with Gasteiger partial charge in [-0.15, -0.1) is 0 Å². The highest BCUT2D eigenvalue weighted by molar-refractivity contribution is 7.47. The van der Waals surface area contributed by atoms with Crippen molar-refractivity contribution in [2.45, 2.75) is 249 Å². The van der Waals surface area contributed by atoms with Crippen molar-refractivity contribution < 1.29 is 59.0 Å². The standard InChI is InChI=1S/C49H90NO12P/c1-3-5-7-9-11-13-15-17-18-19-20-21-22-23-24-25-26-28-30-32-34-36-40(51)38-43(53)50-41(42(52)37-35-33-31-29-27-16-14-12-10-8-6-4-2)39-61-63(59,60)62-49-47(57)45(55)44(54)46(56)48(49)58/h20-21,23-24,27,29,35,37,40-42,44-49,51-52,54-58H,3-19,22,25-26,28,30-34,36,38-39H2,1-2H3,(H,50,53)(H,59,60)/b21-20-,24-23-,29-27+,37-35+. The van der Waals surface area contributed by atoms with Gasteiger partial charge in [-0.05, 0) is 64.2 Å². The van der Waals surface area contributed by atoms with Gasteiger partial charge >= 0.3 is 7.82 Å². The smallest absolute Gasteiger partial charge is 0.393 e. The normalized spacial score (nSPS) is 23.3. The Morgan fingerprint density at radius 2 is 0.984 bits per heavy atom. The van der Waals surface area contributed by atoms with Gasteiger partial charge < -0.3 is 46.0 Å². The van der Waals surface area contributed by atoms with Gasteiger partial charge in [0.2, 0.25) is 5.91 Å². The third-order valence-corrected chi connectivity index (χ3v) is 12.6. The summed E-state index contributed by atoms with van der Waals surface area (Å²) >= 11 is 0. The first-order valence-corrected chi connectivity index (χ1v) is 26.2. The summed E-state index contributed by atoms with van der Waals surface area (Å²) in [5.41, 5.74) is 0. The number of hydrogen-bond donors (Lipinski definition) is 9. The number of allylic oxidation sites excluding steroid dienone is 7. The fourth-order valence-corrected chi connectivity index (χ4v) is 8.55. The summed E-state index contributed by atoms with van der Waals surface area (Å²) in [6.07, 6.45) is 32.1. The van der Waals surface area contributed by atoms with Crippen molar-refractivity contribution in [3.63, 3.8) is 0 Å². The molecular weight excluding hydrogens is 826 g/mol. The minimum absolute atomic E-state index is 0.263. The molecule has 368 valence electrons. The Bertz CT molecular complexity index is 1260. The molecule has 1 amide bonds. The Balaban J connectivity index is 2.49. The first-order valence-electron chi connectivity index (χ1n) is 24.7. The molecule has 0 aromatic carbocycles. The van der Waals surface area contributed by atoms with E-state index in [9.17, 15) is 50.0 Å². The summed E-state index contributed by atoms with van der Waals surface area (Å²) in [6, 6.07) is -1.26. The maximum atomic E-state index is 13.0. The van der Waals surface area contributed by atoms with Crippen LogP contribution in [0.2, 0.25) is 0 Å². The van der Waals surface area contributed by atoms with Gasteiger partial charge in [0.1, 0.15) is 36.6 Å². The van der Waals surface area contributed by atoms with Gasteiger partial charge in [0, 0.05) is 0 Å². The van der Waals surface area contributed by atoms with Crippen molar-refractivity contribution in [2.75, 3.05) is 6.61 Å². The first kappa shape index (κ1) is 59.3. The van der Waals surface area contributed by atoms with Crippen LogP contribution < -0.4 is 5.32 Å². The van der Waals surface area contributed by atoms with Crippen LogP contribution >= 0.6 is 7.82 Å². The van der Waals surface area contributed by atoms with Crippen LogP contribution in [0.4, 0.5) is 0 Å². The van der Waals surface area contributed by atoms with E-state index < -0.39 is 75.2 Å². The molecule has 9 N–H and O–H groups in total. The third kappa shape index (κ3) is 30.2. The monoisotopic (exact) mass is 916 g/mol. The maximum absolute atomic E-state index is 13.0. The number of nitrogens with one attached hydrogen (secondary N) is 1. The molecule has 0 aromatic rings. The highest BCUT2D eigenvalue weighted by Gasteiger charge is 2.51. The molecule has 63 heavy (non-hydrogen) atoms. The number of amides is 1. The summed E-state index contributed by atoms with van der Waals surface area (Å²) in [6.45, 7) is 3.70. The summed E-state index contributed by atoms with van der Waals surface area (Å²) in [4.78, 5) is 23.4. The molecule has 0 aromatic heterocycles. The third-order valence-electron chi connectivity index (χ3n) is 11.6. The van der Waals surface area contributed by atoms with E-state index in [4.69, 9.17) is 9.05 Å². The Kier molecular flexibility index (Phi) is 36.1. The van der Waals surface area contributed by atoms with E-state index in [-0.39, 0.29) is 6.42 Å². The molecule has 0 saturated heterocycles. The lowest BCUT2D eigenvalue weighted by molar-refractivity contribution is -0.220. The predicted molar refractivity (Wildman–Crippen MR) is 252 cm³/mol. The molecule has 0 spiro atoms. The number of phosphoric acid groups is 1. The molecule has 1 fully saturated rings. The molecule has 13 nitrogen and oxygen atoms in total. The van der Waals surface area contributed by atoms with Crippen LogP contribution in [-0.4, -0.2) is 108 Å². The van der Waals surface area contributed by atoms with Crippen LogP contribution in [-0.2, 0) is 18.4 Å². The molecule has 1 saturated carbocycles. The van der Waals surface area contributed by atoms with E-state index in [1.54, 1.807) is 6.08 Å². The van der Waals surface area contributed by atoms with E-state index in [2.05, 4.69) is 55.6 Å². The number of aliphatic hydroxyl groups is 7. The second kappa shape index (κ2) is 38.4. The van der Waals surface area contributed by atoms with Crippen LogP contribution in [0.25, 0.3) is 0 Å². The molecule has 0 aliphatic heterocycles. The Morgan fingerprint density at radius 1 is 0.571 bits per heavy atom. The van der Waals surface area contributed by atoms with Crippen LogP contribution in [0.1, 0.15) is 194 Å². The minimum atomic E-state index is -5.15. The van der Waals surface area contributed by atoms with Gasteiger partial charge in [-0.2, -0.15) is 0 Å². The van der Waals surface area contributed by atoms with E-state index >= 15 is 0 Å². The van der Waals surface area contributed by atoms with Crippen LogP contribution in [0.5, 0.6) is 0 Å². The van der Waals surface area contributed by atoms with Crippen molar-refractivity contribution in [3.8, 4) is 0 Å². The number of unbranched alkanes of at least 4 members (excludes halogenated alkanes) is 21. The van der Waals surface area contributed by atoms with Gasteiger partial charge in [0.15, 0.2) is 0 Å². The number of aliphatic hydroxyl groups excluding tert-OH is 7. The van der Waals surface area contributed by atoms with Gasteiger partial charge in [0.05, 0.1) is 31.3 Å². The SMILES string of the molecule is CCCCCCCC/C=C/CC/C=C/C(O)C(COP(=O)(O)OC1C(O)C(O)C(O)C(O)C1O)NC(=O)CC(O)CCCCCCC/C=C\C/C=C\CCCCCCCCCCC. The average molecular weight is 916 g/mol. The Hall–Kier alpha value is -1.74. The molecule has 1 aliphatic rings. The summed E-state index contributed by atoms with van der Waals surface area (Å²) < 4.78 is 22.8. The molecule has 0 heterocycles. The zero-order valence-electron chi connectivity index (χ0n) is 39.0. The minimum Gasteiger partial charge on any atom is -0.393 e. The van der Waals surface area contributed by atoms with Crippen molar-refractivity contribution in [2.24, 2.45) is 0 Å². The second-order valence-corrected chi connectivity index (χ2v) is 18.9. The van der Waals surface area contributed by atoms with E-state index in [0.29, 0.717) is 12.8 Å². The fraction of sp³-hybridized carbons (Fsp3) is 0.816. The second-order valence-electron chi connectivity index (χ2n) is 17.5. The topological polar surface area (TPSA) is 226 Å². The highest BCUT2D eigenvalue weighted by Crippen LogP contribution is 2.47. The Morgan fingerprint density at radius 3 is 1.49 bits per heavy atom. The van der Waals surface area contributed by atoms with Crippen LogP contribution in [0.3, 0.4) is 0 Å². The summed E-state index contributed by atoms with van der Waals surface area (Å²) in [5.74, 6) is -0.613. The molecule has 1 aliphatic carbocycles. The molecule has 0 radical (unpaired) electrons. The molecule has 8 unspecified atom stereocenters. The quantitative estimate of drug-likeness (QED) is 0.0160. The van der Waals surface area contributed by atoms with E-state index in [1.807, 2.05) is 0 Å². The average Bonchev–Trinajstić information content (AvgIpc) is 3.26. The van der Waals surface area contributed by atoms with E-state index in [1.165, 1.54) is 96.0 Å². The molecule has 8 atom stereocenters. The number of phosphoric ester groups is 1. The van der Waals surface area contributed by atoms with Crippen molar-refractivity contribution in [3.05, 3.63) is 48.6 Å². The van der Waals surface area contributed by atoms with Crippen LogP contribution in [0.15, 0.2) is 48.6 Å². The molecule has 14 heteroatoms. The zero-order chi connectivity index (χ0) is 46.6. The van der Waals surface area contributed by atoms with Crippen molar-refractivity contribution in [1.82, 2.24) is 5.32 Å². The lowest BCUT2D eigenvalue weighted by Gasteiger charge is -2.41.